The maximum atomic E-state index is 11.4. The zero-order chi connectivity index (χ0) is 12.7. The molecule has 1 fully saturated rings. The number of methoxy groups -OCH3 is 1. The van der Waals surface area contributed by atoms with E-state index in [0.29, 0.717) is 18.9 Å². The van der Waals surface area contributed by atoms with Crippen molar-refractivity contribution in [3.05, 3.63) is 23.5 Å². The fraction of sp³-hybridized carbons (Fsp3) is 0.417. The second-order valence-corrected chi connectivity index (χ2v) is 4.28. The van der Waals surface area contributed by atoms with Gasteiger partial charge in [-0.3, -0.25) is 4.68 Å². The molecule has 3 rings (SSSR count). The standard InChI is InChI=1S/C12H13N3O3/c1-7-11-10(15(14-7)8-5-18-6-8)4-3-9(13-11)12(16)17-2/h3-4,8H,5-6H2,1-2H3. The van der Waals surface area contributed by atoms with E-state index in [4.69, 9.17) is 4.74 Å². The second kappa shape index (κ2) is 4.06. The van der Waals surface area contributed by atoms with E-state index in [1.54, 1.807) is 6.07 Å². The second-order valence-electron chi connectivity index (χ2n) is 4.28. The lowest BCUT2D eigenvalue weighted by Crippen LogP contribution is -2.31. The molecule has 3 heterocycles. The molecule has 0 radical (unpaired) electrons. The van der Waals surface area contributed by atoms with Crippen molar-refractivity contribution >= 4 is 17.0 Å². The van der Waals surface area contributed by atoms with E-state index in [2.05, 4.69) is 14.8 Å². The van der Waals surface area contributed by atoms with Gasteiger partial charge in [-0.15, -0.1) is 0 Å². The highest BCUT2D eigenvalue weighted by molar-refractivity contribution is 5.90. The summed E-state index contributed by atoms with van der Waals surface area (Å²) in [5.41, 5.74) is 2.78. The SMILES string of the molecule is COC(=O)c1ccc2c(n1)c(C)nn2C1COC1. The van der Waals surface area contributed by atoms with Crippen LogP contribution in [0.2, 0.25) is 0 Å². The largest absolute Gasteiger partial charge is 0.464 e. The molecule has 0 aliphatic carbocycles. The molecule has 0 N–H and O–H groups in total. The zero-order valence-corrected chi connectivity index (χ0v) is 10.2. The van der Waals surface area contributed by atoms with Gasteiger partial charge in [0.2, 0.25) is 0 Å². The molecular formula is C12H13N3O3. The first-order valence-corrected chi connectivity index (χ1v) is 5.72. The van der Waals surface area contributed by atoms with Crippen molar-refractivity contribution in [2.24, 2.45) is 0 Å². The summed E-state index contributed by atoms with van der Waals surface area (Å²) in [6.07, 6.45) is 0. The number of hydrogen-bond acceptors (Lipinski definition) is 5. The topological polar surface area (TPSA) is 66.2 Å². The minimum Gasteiger partial charge on any atom is -0.464 e. The minimum absolute atomic E-state index is 0.270. The molecule has 1 saturated heterocycles. The van der Waals surface area contributed by atoms with Crippen LogP contribution >= 0.6 is 0 Å². The van der Waals surface area contributed by atoms with E-state index < -0.39 is 5.97 Å². The lowest BCUT2D eigenvalue weighted by molar-refractivity contribution is -0.0267. The number of hydrogen-bond donors (Lipinski definition) is 0. The summed E-state index contributed by atoms with van der Waals surface area (Å²) >= 11 is 0. The number of fused-ring (bicyclic) bond motifs is 1. The molecule has 2 aromatic rings. The fourth-order valence-electron chi connectivity index (χ4n) is 2.03. The smallest absolute Gasteiger partial charge is 0.356 e. The minimum atomic E-state index is -0.434. The highest BCUT2D eigenvalue weighted by Crippen LogP contribution is 2.24. The van der Waals surface area contributed by atoms with Crippen LogP contribution in [0.25, 0.3) is 11.0 Å². The summed E-state index contributed by atoms with van der Waals surface area (Å²) in [6, 6.07) is 3.78. The first kappa shape index (κ1) is 11.2. The molecule has 0 unspecified atom stereocenters. The molecule has 2 aromatic heterocycles. The summed E-state index contributed by atoms with van der Waals surface area (Å²) in [5, 5.41) is 4.46. The summed E-state index contributed by atoms with van der Waals surface area (Å²) < 4.78 is 11.8. The highest BCUT2D eigenvalue weighted by Gasteiger charge is 2.24. The van der Waals surface area contributed by atoms with Gasteiger partial charge in [-0.05, 0) is 19.1 Å². The maximum absolute atomic E-state index is 11.4. The third-order valence-corrected chi connectivity index (χ3v) is 3.08. The van der Waals surface area contributed by atoms with Gasteiger partial charge in [0.1, 0.15) is 11.2 Å². The molecule has 1 aliphatic rings. The quantitative estimate of drug-likeness (QED) is 0.743. The van der Waals surface area contributed by atoms with Gasteiger partial charge in [-0.1, -0.05) is 0 Å². The molecule has 0 saturated carbocycles. The Labute approximate surface area is 104 Å². The maximum Gasteiger partial charge on any atom is 0.356 e. The first-order chi connectivity index (χ1) is 8.70. The van der Waals surface area contributed by atoms with Crippen molar-refractivity contribution in [1.82, 2.24) is 14.8 Å². The number of carbonyl (C=O) groups excluding carboxylic acids is 1. The van der Waals surface area contributed by atoms with Crippen LogP contribution < -0.4 is 0 Å². The zero-order valence-electron chi connectivity index (χ0n) is 10.2. The van der Waals surface area contributed by atoms with Gasteiger partial charge in [0.15, 0.2) is 0 Å². The van der Waals surface area contributed by atoms with Crippen LogP contribution in [0.1, 0.15) is 22.2 Å². The van der Waals surface area contributed by atoms with Gasteiger partial charge < -0.3 is 9.47 Å². The molecule has 1 aliphatic heterocycles. The Morgan fingerprint density at radius 2 is 2.28 bits per heavy atom. The number of aryl methyl sites for hydroxylation is 1. The van der Waals surface area contributed by atoms with Crippen LogP contribution in [0.15, 0.2) is 12.1 Å². The Kier molecular flexibility index (Phi) is 2.52. The predicted octanol–water partition coefficient (Wildman–Crippen LogP) is 1.10. The Morgan fingerprint density at radius 1 is 1.50 bits per heavy atom. The number of rotatable bonds is 2. The summed E-state index contributed by atoms with van der Waals surface area (Å²) in [4.78, 5) is 15.8. The third kappa shape index (κ3) is 1.57. The average molecular weight is 247 g/mol. The van der Waals surface area contributed by atoms with E-state index in [1.165, 1.54) is 7.11 Å². The normalized spacial score (nSPS) is 15.7. The van der Waals surface area contributed by atoms with E-state index in [-0.39, 0.29) is 6.04 Å². The Morgan fingerprint density at radius 3 is 2.89 bits per heavy atom. The van der Waals surface area contributed by atoms with Crippen molar-refractivity contribution in [2.45, 2.75) is 13.0 Å². The van der Waals surface area contributed by atoms with Gasteiger partial charge >= 0.3 is 5.97 Å². The van der Waals surface area contributed by atoms with Crippen LogP contribution in [0, 0.1) is 6.92 Å². The molecular weight excluding hydrogens is 234 g/mol. The van der Waals surface area contributed by atoms with E-state index in [1.807, 2.05) is 17.7 Å². The predicted molar refractivity (Wildman–Crippen MR) is 63.5 cm³/mol. The molecule has 0 amide bonds. The van der Waals surface area contributed by atoms with Gasteiger partial charge in [-0.2, -0.15) is 5.10 Å². The monoisotopic (exact) mass is 247 g/mol. The highest BCUT2D eigenvalue weighted by atomic mass is 16.5. The fourth-order valence-corrected chi connectivity index (χ4v) is 2.03. The Hall–Kier alpha value is -1.95. The number of nitrogens with zero attached hydrogens (tertiary/aromatic N) is 3. The molecule has 6 heteroatoms. The van der Waals surface area contributed by atoms with Gasteiger partial charge in [0, 0.05) is 0 Å². The van der Waals surface area contributed by atoms with Crippen molar-refractivity contribution in [3.8, 4) is 0 Å². The number of esters is 1. The van der Waals surface area contributed by atoms with Crippen LogP contribution in [0.5, 0.6) is 0 Å². The Bertz CT molecular complexity index is 616. The van der Waals surface area contributed by atoms with Crippen LogP contribution in [0.4, 0.5) is 0 Å². The lowest BCUT2D eigenvalue weighted by Gasteiger charge is -2.26. The Balaban J connectivity index is 2.11. The molecule has 0 bridgehead atoms. The summed E-state index contributed by atoms with van der Waals surface area (Å²) in [7, 11) is 1.34. The van der Waals surface area contributed by atoms with Crippen molar-refractivity contribution in [2.75, 3.05) is 20.3 Å². The molecule has 0 aromatic carbocycles. The van der Waals surface area contributed by atoms with Gasteiger partial charge in [-0.25, -0.2) is 9.78 Å². The summed E-state index contributed by atoms with van der Waals surface area (Å²) in [5.74, 6) is -0.434. The van der Waals surface area contributed by atoms with Gasteiger partial charge in [0.25, 0.3) is 0 Å². The molecule has 6 nitrogen and oxygen atoms in total. The molecule has 94 valence electrons. The molecule has 18 heavy (non-hydrogen) atoms. The first-order valence-electron chi connectivity index (χ1n) is 5.72. The number of aromatic nitrogens is 3. The van der Waals surface area contributed by atoms with Crippen molar-refractivity contribution in [1.29, 1.82) is 0 Å². The number of ether oxygens (including phenoxy) is 2. The molecule has 0 atom stereocenters. The van der Waals surface area contributed by atoms with E-state index in [9.17, 15) is 4.79 Å². The van der Waals surface area contributed by atoms with Crippen LogP contribution in [-0.4, -0.2) is 41.1 Å². The van der Waals surface area contributed by atoms with Crippen LogP contribution in [0.3, 0.4) is 0 Å². The summed E-state index contributed by atoms with van der Waals surface area (Å²) in [6.45, 7) is 3.23. The van der Waals surface area contributed by atoms with Crippen LogP contribution in [-0.2, 0) is 9.47 Å². The van der Waals surface area contributed by atoms with Crippen molar-refractivity contribution < 1.29 is 14.3 Å². The average Bonchev–Trinajstić information content (AvgIpc) is 2.63. The lowest BCUT2D eigenvalue weighted by atomic mass is 10.2. The third-order valence-electron chi connectivity index (χ3n) is 3.08. The van der Waals surface area contributed by atoms with E-state index >= 15 is 0 Å². The van der Waals surface area contributed by atoms with Crippen molar-refractivity contribution in [3.63, 3.8) is 0 Å². The molecule has 0 spiro atoms. The number of carbonyl (C=O) groups is 1. The number of pyridine rings is 1. The van der Waals surface area contributed by atoms with E-state index in [0.717, 1.165) is 16.7 Å². The van der Waals surface area contributed by atoms with Gasteiger partial charge in [0.05, 0.1) is 37.6 Å².